The topological polar surface area (TPSA) is 32.5 Å². The molecule has 2 N–H and O–H groups in total. The Morgan fingerprint density at radius 2 is 1.89 bits per heavy atom. The van der Waals surface area contributed by atoms with Crippen LogP contribution in [0.25, 0.3) is 0 Å². The van der Waals surface area contributed by atoms with Crippen molar-refractivity contribution in [3.8, 4) is 0 Å². The van der Waals surface area contributed by atoms with Crippen molar-refractivity contribution in [2.24, 2.45) is 11.7 Å². The molecule has 0 spiro atoms. The highest BCUT2D eigenvalue weighted by molar-refractivity contribution is 5.19. The Morgan fingerprint density at radius 3 is 2.47 bits per heavy atom. The molecule has 1 aliphatic heterocycles. The van der Waals surface area contributed by atoms with E-state index in [1.54, 1.807) is 0 Å². The van der Waals surface area contributed by atoms with Crippen molar-refractivity contribution in [2.75, 3.05) is 40.3 Å². The first-order chi connectivity index (χ1) is 9.20. The predicted molar refractivity (Wildman–Crippen MR) is 81.1 cm³/mol. The van der Waals surface area contributed by atoms with Gasteiger partial charge in [0.05, 0.1) is 0 Å². The molecule has 3 nitrogen and oxygen atoms in total. The molecule has 0 amide bonds. The fraction of sp³-hybridized carbons (Fsp3) is 0.625. The molecule has 1 atom stereocenters. The van der Waals surface area contributed by atoms with Crippen LogP contribution in [-0.4, -0.2) is 50.1 Å². The average molecular weight is 261 g/mol. The SMILES string of the molecule is CN1CCC(CN(C)C(CN)c2ccccc2)CC1. The van der Waals surface area contributed by atoms with Gasteiger partial charge in [-0.05, 0) is 51.5 Å². The van der Waals surface area contributed by atoms with E-state index in [1.807, 2.05) is 0 Å². The van der Waals surface area contributed by atoms with E-state index < -0.39 is 0 Å². The van der Waals surface area contributed by atoms with Crippen molar-refractivity contribution in [1.82, 2.24) is 9.80 Å². The summed E-state index contributed by atoms with van der Waals surface area (Å²) < 4.78 is 0. The van der Waals surface area contributed by atoms with E-state index in [9.17, 15) is 0 Å². The Labute approximate surface area is 117 Å². The molecule has 0 radical (unpaired) electrons. The molecule has 0 aromatic heterocycles. The zero-order chi connectivity index (χ0) is 13.7. The van der Waals surface area contributed by atoms with Gasteiger partial charge >= 0.3 is 0 Å². The molecule has 1 heterocycles. The zero-order valence-corrected chi connectivity index (χ0v) is 12.3. The Morgan fingerprint density at radius 1 is 1.26 bits per heavy atom. The lowest BCUT2D eigenvalue weighted by molar-refractivity contribution is 0.151. The number of piperidine rings is 1. The van der Waals surface area contributed by atoms with E-state index >= 15 is 0 Å². The van der Waals surface area contributed by atoms with Crippen molar-refractivity contribution >= 4 is 0 Å². The Bertz CT molecular complexity index is 358. The smallest absolute Gasteiger partial charge is 0.0467 e. The third-order valence-electron chi connectivity index (χ3n) is 4.32. The molecular weight excluding hydrogens is 234 g/mol. The van der Waals surface area contributed by atoms with E-state index in [-0.39, 0.29) is 0 Å². The molecule has 2 rings (SSSR count). The summed E-state index contributed by atoms with van der Waals surface area (Å²) in [6.45, 7) is 4.31. The predicted octanol–water partition coefficient (Wildman–Crippen LogP) is 1.96. The van der Waals surface area contributed by atoms with Gasteiger partial charge in [0.15, 0.2) is 0 Å². The summed E-state index contributed by atoms with van der Waals surface area (Å²) in [6.07, 6.45) is 2.62. The summed E-state index contributed by atoms with van der Waals surface area (Å²) in [5.74, 6) is 0.818. The molecule has 1 unspecified atom stereocenters. The molecule has 3 heteroatoms. The van der Waals surface area contributed by atoms with Gasteiger partial charge in [-0.25, -0.2) is 0 Å². The van der Waals surface area contributed by atoms with Crippen LogP contribution >= 0.6 is 0 Å². The highest BCUT2D eigenvalue weighted by Gasteiger charge is 2.22. The number of nitrogens with two attached hydrogens (primary N) is 1. The molecule has 0 bridgehead atoms. The lowest BCUT2D eigenvalue weighted by Crippen LogP contribution is -2.38. The van der Waals surface area contributed by atoms with E-state index in [0.717, 1.165) is 12.5 Å². The van der Waals surface area contributed by atoms with Crippen LogP contribution in [0.4, 0.5) is 0 Å². The fourth-order valence-electron chi connectivity index (χ4n) is 3.02. The van der Waals surface area contributed by atoms with Gasteiger partial charge in [-0.2, -0.15) is 0 Å². The second-order valence-corrected chi connectivity index (χ2v) is 5.85. The molecular formula is C16H27N3. The maximum atomic E-state index is 5.98. The van der Waals surface area contributed by atoms with Gasteiger partial charge in [0, 0.05) is 19.1 Å². The quantitative estimate of drug-likeness (QED) is 0.879. The van der Waals surface area contributed by atoms with Gasteiger partial charge < -0.3 is 10.6 Å². The maximum Gasteiger partial charge on any atom is 0.0467 e. The Kier molecular flexibility index (Phi) is 5.37. The van der Waals surface area contributed by atoms with Crippen molar-refractivity contribution in [3.05, 3.63) is 35.9 Å². The molecule has 0 aliphatic carbocycles. The summed E-state index contributed by atoms with van der Waals surface area (Å²) >= 11 is 0. The average Bonchev–Trinajstić information content (AvgIpc) is 2.43. The number of benzene rings is 1. The first kappa shape index (κ1) is 14.5. The van der Waals surface area contributed by atoms with Crippen LogP contribution in [0.3, 0.4) is 0 Å². The van der Waals surface area contributed by atoms with Crippen LogP contribution in [0.15, 0.2) is 30.3 Å². The number of nitrogens with zero attached hydrogens (tertiary/aromatic N) is 2. The minimum atomic E-state index is 0.348. The zero-order valence-electron chi connectivity index (χ0n) is 12.3. The van der Waals surface area contributed by atoms with E-state index in [0.29, 0.717) is 12.6 Å². The second kappa shape index (κ2) is 7.04. The summed E-state index contributed by atoms with van der Waals surface area (Å²) in [7, 11) is 4.43. The van der Waals surface area contributed by atoms with Gasteiger partial charge in [0.2, 0.25) is 0 Å². The normalized spacial score (nSPS) is 19.8. The van der Waals surface area contributed by atoms with Crippen LogP contribution < -0.4 is 5.73 Å². The minimum absolute atomic E-state index is 0.348. The van der Waals surface area contributed by atoms with E-state index in [1.165, 1.54) is 31.5 Å². The van der Waals surface area contributed by atoms with Crippen LogP contribution in [-0.2, 0) is 0 Å². The monoisotopic (exact) mass is 261 g/mol. The van der Waals surface area contributed by atoms with Crippen LogP contribution in [0.2, 0.25) is 0 Å². The number of hydrogen-bond donors (Lipinski definition) is 1. The van der Waals surface area contributed by atoms with Crippen LogP contribution in [0.1, 0.15) is 24.4 Å². The second-order valence-electron chi connectivity index (χ2n) is 5.85. The summed E-state index contributed by atoms with van der Waals surface area (Å²) in [5.41, 5.74) is 7.32. The number of likely N-dealkylation sites (tertiary alicyclic amines) is 1. The standard InChI is InChI=1S/C16H27N3/c1-18-10-8-14(9-11-18)13-19(2)16(12-17)15-6-4-3-5-7-15/h3-7,14,16H,8-13,17H2,1-2H3. The highest BCUT2D eigenvalue weighted by Crippen LogP contribution is 2.23. The molecule has 1 fully saturated rings. The van der Waals surface area contributed by atoms with Gasteiger partial charge in [0.1, 0.15) is 0 Å². The molecule has 19 heavy (non-hydrogen) atoms. The Hall–Kier alpha value is -0.900. The first-order valence-electron chi connectivity index (χ1n) is 7.34. The van der Waals surface area contributed by atoms with Crippen LogP contribution in [0, 0.1) is 5.92 Å². The number of hydrogen-bond acceptors (Lipinski definition) is 3. The highest BCUT2D eigenvalue weighted by atomic mass is 15.1. The maximum absolute atomic E-state index is 5.98. The molecule has 106 valence electrons. The van der Waals surface area contributed by atoms with Crippen molar-refractivity contribution in [2.45, 2.75) is 18.9 Å². The fourth-order valence-corrected chi connectivity index (χ4v) is 3.02. The van der Waals surface area contributed by atoms with Gasteiger partial charge in [-0.1, -0.05) is 30.3 Å². The van der Waals surface area contributed by atoms with Gasteiger partial charge in [0.25, 0.3) is 0 Å². The van der Waals surface area contributed by atoms with Crippen molar-refractivity contribution in [3.63, 3.8) is 0 Å². The summed E-state index contributed by atoms with van der Waals surface area (Å²) in [6, 6.07) is 11.0. The van der Waals surface area contributed by atoms with Crippen molar-refractivity contribution in [1.29, 1.82) is 0 Å². The molecule has 1 aromatic rings. The summed E-state index contributed by atoms with van der Waals surface area (Å²) in [5, 5.41) is 0. The molecule has 1 aliphatic rings. The Balaban J connectivity index is 1.92. The molecule has 1 saturated heterocycles. The van der Waals surface area contributed by atoms with Crippen LogP contribution in [0.5, 0.6) is 0 Å². The van der Waals surface area contributed by atoms with Crippen molar-refractivity contribution < 1.29 is 0 Å². The lowest BCUT2D eigenvalue weighted by atomic mass is 9.95. The van der Waals surface area contributed by atoms with E-state index in [4.69, 9.17) is 5.73 Å². The number of rotatable bonds is 5. The third kappa shape index (κ3) is 4.03. The number of likely N-dealkylation sites (N-methyl/N-ethyl adjacent to an activating group) is 1. The molecule has 1 aromatic carbocycles. The summed E-state index contributed by atoms with van der Waals surface area (Å²) in [4.78, 5) is 4.86. The van der Waals surface area contributed by atoms with Gasteiger partial charge in [-0.15, -0.1) is 0 Å². The van der Waals surface area contributed by atoms with Gasteiger partial charge in [-0.3, -0.25) is 4.90 Å². The minimum Gasteiger partial charge on any atom is -0.329 e. The largest absolute Gasteiger partial charge is 0.329 e. The van der Waals surface area contributed by atoms with E-state index in [2.05, 4.69) is 54.2 Å². The third-order valence-corrected chi connectivity index (χ3v) is 4.32. The lowest BCUT2D eigenvalue weighted by Gasteiger charge is -2.35. The first-order valence-corrected chi connectivity index (χ1v) is 7.34. The molecule has 0 saturated carbocycles.